The summed E-state index contributed by atoms with van der Waals surface area (Å²) in [5, 5.41) is 4.30. The van der Waals surface area contributed by atoms with Crippen LogP contribution in [0, 0.1) is 5.92 Å². The summed E-state index contributed by atoms with van der Waals surface area (Å²) < 4.78 is 0. The third-order valence-electron chi connectivity index (χ3n) is 4.87. The van der Waals surface area contributed by atoms with E-state index in [4.69, 9.17) is 23.2 Å². The molecule has 4 rings (SSSR count). The summed E-state index contributed by atoms with van der Waals surface area (Å²) in [6, 6.07) is 15.8. The second kappa shape index (κ2) is 6.37. The van der Waals surface area contributed by atoms with Gasteiger partial charge in [-0.05, 0) is 29.3 Å². The minimum atomic E-state index is -0.142. The molecule has 2 saturated heterocycles. The summed E-state index contributed by atoms with van der Waals surface area (Å²) in [5.41, 5.74) is 8.65. The molecule has 2 aromatic carbocycles. The van der Waals surface area contributed by atoms with E-state index < -0.39 is 0 Å². The van der Waals surface area contributed by atoms with Crippen LogP contribution in [0.5, 0.6) is 0 Å². The van der Waals surface area contributed by atoms with Crippen molar-refractivity contribution in [1.82, 2.24) is 16.2 Å². The lowest BCUT2D eigenvalue weighted by molar-refractivity contribution is -0.125. The molecule has 2 aliphatic rings. The quantitative estimate of drug-likeness (QED) is 0.768. The number of hydrogen-bond donors (Lipinski definition) is 3. The topological polar surface area (TPSA) is 53.2 Å². The summed E-state index contributed by atoms with van der Waals surface area (Å²) in [5.74, 6) is 0.143. The van der Waals surface area contributed by atoms with Crippen molar-refractivity contribution in [3.63, 3.8) is 0 Å². The lowest BCUT2D eigenvalue weighted by Gasteiger charge is -2.36. The van der Waals surface area contributed by atoms with Crippen molar-refractivity contribution in [3.8, 4) is 0 Å². The molecule has 2 fully saturated rings. The van der Waals surface area contributed by atoms with E-state index in [0.29, 0.717) is 16.5 Å². The summed E-state index contributed by atoms with van der Waals surface area (Å²) in [6.45, 7) is 0. The van der Waals surface area contributed by atoms with Crippen molar-refractivity contribution in [1.29, 1.82) is 0 Å². The number of benzene rings is 2. The zero-order valence-corrected chi connectivity index (χ0v) is 14.3. The molecule has 2 aromatic rings. The largest absolute Gasteiger partial charge is 0.339 e. The molecule has 1 amide bonds. The van der Waals surface area contributed by atoms with Gasteiger partial charge in [0, 0.05) is 28.3 Å². The first-order valence-corrected chi connectivity index (χ1v) is 8.69. The van der Waals surface area contributed by atoms with Gasteiger partial charge in [0.2, 0.25) is 5.91 Å². The molecule has 0 saturated carbocycles. The van der Waals surface area contributed by atoms with Gasteiger partial charge < -0.3 is 5.32 Å². The Labute approximate surface area is 150 Å². The van der Waals surface area contributed by atoms with Crippen molar-refractivity contribution >= 4 is 29.1 Å². The third kappa shape index (κ3) is 2.80. The van der Waals surface area contributed by atoms with E-state index in [-0.39, 0.29) is 30.0 Å². The van der Waals surface area contributed by atoms with E-state index in [9.17, 15) is 4.79 Å². The van der Waals surface area contributed by atoms with Crippen LogP contribution in [0.15, 0.2) is 48.5 Å². The Morgan fingerprint density at radius 1 is 1.00 bits per heavy atom. The van der Waals surface area contributed by atoms with Gasteiger partial charge in [0.15, 0.2) is 0 Å². The normalized spacial score (nSPS) is 29.2. The van der Waals surface area contributed by atoms with Crippen LogP contribution < -0.4 is 16.2 Å². The van der Waals surface area contributed by atoms with Crippen LogP contribution in [0.3, 0.4) is 0 Å². The molecule has 124 valence electrons. The minimum Gasteiger partial charge on any atom is -0.339 e. The Bertz CT molecular complexity index is 768. The van der Waals surface area contributed by atoms with E-state index in [0.717, 1.165) is 5.56 Å². The summed E-state index contributed by atoms with van der Waals surface area (Å²) in [7, 11) is 0. The number of hydrazine groups is 1. The van der Waals surface area contributed by atoms with Gasteiger partial charge in [-0.3, -0.25) is 4.79 Å². The van der Waals surface area contributed by atoms with Crippen molar-refractivity contribution in [2.75, 3.05) is 0 Å². The lowest BCUT2D eigenvalue weighted by Crippen LogP contribution is -2.52. The van der Waals surface area contributed by atoms with E-state index in [1.807, 2.05) is 24.3 Å². The van der Waals surface area contributed by atoms with Gasteiger partial charge in [-0.15, -0.1) is 0 Å². The number of carbonyl (C=O) groups is 1. The summed E-state index contributed by atoms with van der Waals surface area (Å²) in [6.07, 6.45) is 0.255. The molecule has 6 heteroatoms. The molecule has 0 aromatic heterocycles. The Hall–Kier alpha value is -1.59. The molecule has 24 heavy (non-hydrogen) atoms. The highest BCUT2D eigenvalue weighted by atomic mass is 35.5. The van der Waals surface area contributed by atoms with Crippen molar-refractivity contribution in [2.24, 2.45) is 5.92 Å². The molecule has 0 spiro atoms. The second-order valence-corrected chi connectivity index (χ2v) is 7.12. The van der Waals surface area contributed by atoms with Crippen LogP contribution in [-0.4, -0.2) is 12.1 Å². The smallest absolute Gasteiger partial charge is 0.221 e. The highest BCUT2D eigenvalue weighted by Crippen LogP contribution is 2.45. The van der Waals surface area contributed by atoms with Gasteiger partial charge in [-0.25, -0.2) is 10.9 Å². The molecule has 0 radical (unpaired) electrons. The molecule has 0 aliphatic carbocycles. The second-order valence-electron chi connectivity index (χ2n) is 6.28. The first-order chi connectivity index (χ1) is 11.6. The fraction of sp³-hybridized carbons (Fsp3) is 0.278. The summed E-state index contributed by atoms with van der Waals surface area (Å²) >= 11 is 12.6. The number of nitrogens with one attached hydrogen (secondary N) is 3. The van der Waals surface area contributed by atoms with E-state index in [1.165, 1.54) is 5.56 Å². The van der Waals surface area contributed by atoms with Crippen molar-refractivity contribution in [3.05, 3.63) is 69.7 Å². The number of amides is 1. The lowest BCUT2D eigenvalue weighted by atomic mass is 9.74. The fourth-order valence-corrected chi connectivity index (χ4v) is 4.25. The number of hydrogen-bond acceptors (Lipinski definition) is 3. The molecular formula is C18H17Cl2N3O. The first-order valence-electron chi connectivity index (χ1n) is 7.94. The number of rotatable bonds is 2. The highest BCUT2D eigenvalue weighted by molar-refractivity contribution is 6.33. The van der Waals surface area contributed by atoms with Gasteiger partial charge in [-0.2, -0.15) is 0 Å². The number of carbonyl (C=O) groups excluding carboxylic acids is 1. The first kappa shape index (κ1) is 15.9. The number of halogens is 2. The van der Waals surface area contributed by atoms with Crippen molar-refractivity contribution in [2.45, 2.75) is 24.5 Å². The van der Waals surface area contributed by atoms with E-state index in [1.54, 1.807) is 12.1 Å². The van der Waals surface area contributed by atoms with Crippen LogP contribution in [0.25, 0.3) is 0 Å². The van der Waals surface area contributed by atoms with Crippen LogP contribution in [-0.2, 0) is 4.79 Å². The standard InChI is InChI=1S/C18H17Cl2N3O/c19-11-6-7-14(20)12(8-11)13-9-15(24)21-18-16(13)17(22-23-18)10-4-2-1-3-5-10/h1-8,13,16-18,22-23H,9H2,(H,21,24). The Kier molecular flexibility index (Phi) is 4.22. The maximum absolute atomic E-state index is 12.2. The molecule has 4 atom stereocenters. The average Bonchev–Trinajstić information content (AvgIpc) is 3.01. The maximum atomic E-state index is 12.2. The predicted molar refractivity (Wildman–Crippen MR) is 94.7 cm³/mol. The van der Waals surface area contributed by atoms with Gasteiger partial charge >= 0.3 is 0 Å². The van der Waals surface area contributed by atoms with Gasteiger partial charge in [0.25, 0.3) is 0 Å². The SMILES string of the molecule is O=C1CC(c2cc(Cl)ccc2Cl)C2C(NNC2c2ccccc2)N1. The average molecular weight is 362 g/mol. The summed E-state index contributed by atoms with van der Waals surface area (Å²) in [4.78, 5) is 12.2. The molecule has 4 nitrogen and oxygen atoms in total. The zero-order valence-electron chi connectivity index (χ0n) is 12.8. The molecule has 4 unspecified atom stereocenters. The third-order valence-corrected chi connectivity index (χ3v) is 5.45. The Morgan fingerprint density at radius 2 is 1.79 bits per heavy atom. The highest BCUT2D eigenvalue weighted by Gasteiger charge is 2.47. The van der Waals surface area contributed by atoms with Gasteiger partial charge in [0.05, 0.1) is 12.2 Å². The molecule has 2 heterocycles. The van der Waals surface area contributed by atoms with Gasteiger partial charge in [-0.1, -0.05) is 53.5 Å². The van der Waals surface area contributed by atoms with Gasteiger partial charge in [0.1, 0.15) is 0 Å². The van der Waals surface area contributed by atoms with E-state index in [2.05, 4.69) is 28.3 Å². The monoisotopic (exact) mass is 361 g/mol. The van der Waals surface area contributed by atoms with Crippen LogP contribution >= 0.6 is 23.2 Å². The number of piperidine rings is 1. The van der Waals surface area contributed by atoms with E-state index >= 15 is 0 Å². The number of fused-ring (bicyclic) bond motifs is 1. The van der Waals surface area contributed by atoms with Crippen LogP contribution in [0.2, 0.25) is 10.0 Å². The minimum absolute atomic E-state index is 0.0114. The predicted octanol–water partition coefficient (Wildman–Crippen LogP) is 3.39. The molecule has 3 N–H and O–H groups in total. The van der Waals surface area contributed by atoms with Crippen LogP contribution in [0.4, 0.5) is 0 Å². The molecule has 2 aliphatic heterocycles. The Morgan fingerprint density at radius 3 is 2.58 bits per heavy atom. The molecular weight excluding hydrogens is 345 g/mol. The maximum Gasteiger partial charge on any atom is 0.221 e. The Balaban J connectivity index is 1.76. The van der Waals surface area contributed by atoms with Crippen LogP contribution in [0.1, 0.15) is 29.5 Å². The zero-order chi connectivity index (χ0) is 16.7. The molecule has 0 bridgehead atoms. The van der Waals surface area contributed by atoms with Crippen molar-refractivity contribution < 1.29 is 4.79 Å². The fourth-order valence-electron chi connectivity index (χ4n) is 3.81.